The molecule has 0 N–H and O–H groups in total. The van der Waals surface area contributed by atoms with E-state index in [0.717, 1.165) is 18.5 Å². The van der Waals surface area contributed by atoms with Crippen LogP contribution in [0.5, 0.6) is 0 Å². The summed E-state index contributed by atoms with van der Waals surface area (Å²) >= 11 is 0. The molecule has 7 heteroatoms. The maximum atomic E-state index is 12.6. The van der Waals surface area contributed by atoms with Gasteiger partial charge in [-0.05, 0) is 36.7 Å². The van der Waals surface area contributed by atoms with Crippen molar-refractivity contribution < 1.29 is 26.7 Å². The fourth-order valence-corrected chi connectivity index (χ4v) is 5.12. The van der Waals surface area contributed by atoms with Gasteiger partial charge in [-0.25, -0.2) is 0 Å². The van der Waals surface area contributed by atoms with E-state index in [1.807, 2.05) is 0 Å². The first-order chi connectivity index (χ1) is 9.45. The molecule has 0 atom stereocenters. The molecule has 0 radical (unpaired) electrons. The molecule has 0 saturated carbocycles. The van der Waals surface area contributed by atoms with Gasteiger partial charge in [0, 0.05) is 6.61 Å². The third kappa shape index (κ3) is 9.62. The average molecular weight is 336 g/mol. The van der Waals surface area contributed by atoms with Crippen molar-refractivity contribution in [3.8, 4) is 0 Å². The van der Waals surface area contributed by atoms with Crippen LogP contribution in [0.4, 0.5) is 22.0 Å². The van der Waals surface area contributed by atoms with Gasteiger partial charge in [0.25, 0.3) is 0 Å². The van der Waals surface area contributed by atoms with Crippen LogP contribution in [-0.4, -0.2) is 43.8 Å². The maximum absolute atomic E-state index is 12.6. The summed E-state index contributed by atoms with van der Waals surface area (Å²) in [5.74, 6) is -3.61. The van der Waals surface area contributed by atoms with Crippen LogP contribution in [0.15, 0.2) is 0 Å². The van der Waals surface area contributed by atoms with Crippen LogP contribution in [0.3, 0.4) is 0 Å². The van der Waals surface area contributed by atoms with Gasteiger partial charge >= 0.3 is 12.1 Å². The Morgan fingerprint density at radius 2 is 1.38 bits per heavy atom. The molecule has 0 aromatic rings. The minimum atomic E-state index is -5.53. The second-order valence-electron chi connectivity index (χ2n) is 6.16. The topological polar surface area (TPSA) is 9.23 Å². The van der Waals surface area contributed by atoms with Crippen LogP contribution in [0.2, 0.25) is 0 Å². The molecular formula is C14H26F5OP. The third-order valence-electron chi connectivity index (χ3n) is 2.71. The molecule has 0 aliphatic heterocycles. The molecule has 21 heavy (non-hydrogen) atoms. The van der Waals surface area contributed by atoms with Crippen LogP contribution in [-0.2, 0) is 4.74 Å². The van der Waals surface area contributed by atoms with E-state index >= 15 is 0 Å². The molecule has 0 bridgehead atoms. The minimum absolute atomic E-state index is 0.0410. The Kier molecular flexibility index (Phi) is 9.26. The van der Waals surface area contributed by atoms with Gasteiger partial charge in [-0.2, -0.15) is 22.0 Å². The van der Waals surface area contributed by atoms with Crippen LogP contribution < -0.4 is 0 Å². The van der Waals surface area contributed by atoms with Gasteiger partial charge in [-0.3, -0.25) is 0 Å². The van der Waals surface area contributed by atoms with Gasteiger partial charge in [0.05, 0.1) is 0 Å². The predicted molar refractivity (Wildman–Crippen MR) is 77.6 cm³/mol. The molecule has 0 unspecified atom stereocenters. The Bertz CT molecular complexity index is 269. The van der Waals surface area contributed by atoms with Crippen molar-refractivity contribution in [2.45, 2.75) is 46.2 Å². The molecule has 0 amide bonds. The van der Waals surface area contributed by atoms with Crippen molar-refractivity contribution in [1.29, 1.82) is 0 Å². The van der Waals surface area contributed by atoms with E-state index in [1.165, 1.54) is 0 Å². The SMILES string of the molecule is CC(C)CP(CCCOCC(F)(F)C(F)(F)F)CC(C)C. The van der Waals surface area contributed by atoms with Crippen LogP contribution in [0.1, 0.15) is 34.1 Å². The Morgan fingerprint density at radius 1 is 0.905 bits per heavy atom. The van der Waals surface area contributed by atoms with E-state index in [1.54, 1.807) is 0 Å². The van der Waals surface area contributed by atoms with Crippen LogP contribution in [0, 0.1) is 11.8 Å². The summed E-state index contributed by atoms with van der Waals surface area (Å²) in [6, 6.07) is 0. The van der Waals surface area contributed by atoms with Gasteiger partial charge in [-0.15, -0.1) is 7.92 Å². The summed E-state index contributed by atoms with van der Waals surface area (Å²) in [6.45, 7) is 6.92. The zero-order valence-corrected chi connectivity index (χ0v) is 14.0. The van der Waals surface area contributed by atoms with Gasteiger partial charge in [0.15, 0.2) is 0 Å². The maximum Gasteiger partial charge on any atom is 0.455 e. The largest absolute Gasteiger partial charge is 0.455 e. The standard InChI is InChI=1S/C14H26F5OP/c1-11(2)8-21(9-12(3)4)7-5-6-20-10-13(15,16)14(17,18)19/h11-12H,5-10H2,1-4H3. The number of hydrogen-bond acceptors (Lipinski definition) is 1. The summed E-state index contributed by atoms with van der Waals surface area (Å²) in [7, 11) is -0.197. The first kappa shape index (κ1) is 21.0. The van der Waals surface area contributed by atoms with Crippen molar-refractivity contribution >= 4 is 7.92 Å². The van der Waals surface area contributed by atoms with Crippen molar-refractivity contribution in [2.75, 3.05) is 31.7 Å². The predicted octanol–water partition coefficient (Wildman–Crippen LogP) is 5.38. The Hall–Kier alpha value is 0.0400. The molecule has 0 aliphatic rings. The number of alkyl halides is 5. The molecule has 0 aromatic heterocycles. The summed E-state index contributed by atoms with van der Waals surface area (Å²) in [5, 5.41) is 0. The van der Waals surface area contributed by atoms with E-state index in [-0.39, 0.29) is 14.5 Å². The van der Waals surface area contributed by atoms with Gasteiger partial charge in [0.2, 0.25) is 0 Å². The lowest BCUT2D eigenvalue weighted by Crippen LogP contribution is -2.40. The van der Waals surface area contributed by atoms with E-state index < -0.39 is 18.7 Å². The molecule has 0 heterocycles. The molecule has 0 fully saturated rings. The van der Waals surface area contributed by atoms with E-state index in [2.05, 4.69) is 32.4 Å². The smallest absolute Gasteiger partial charge is 0.375 e. The average Bonchev–Trinajstić information content (AvgIpc) is 2.24. The molecule has 0 aromatic carbocycles. The highest BCUT2D eigenvalue weighted by Gasteiger charge is 2.57. The van der Waals surface area contributed by atoms with E-state index in [0.29, 0.717) is 18.3 Å². The third-order valence-corrected chi connectivity index (χ3v) is 6.15. The lowest BCUT2D eigenvalue weighted by Gasteiger charge is -2.22. The second kappa shape index (κ2) is 9.24. The fourth-order valence-electron chi connectivity index (χ4n) is 1.96. The molecule has 0 rings (SSSR count). The summed E-state index contributed by atoms with van der Waals surface area (Å²) < 4.78 is 65.5. The highest BCUT2D eigenvalue weighted by atomic mass is 31.1. The number of rotatable bonds is 10. The molecule has 0 saturated heterocycles. The van der Waals surface area contributed by atoms with Crippen molar-refractivity contribution in [3.63, 3.8) is 0 Å². The van der Waals surface area contributed by atoms with Crippen molar-refractivity contribution in [3.05, 3.63) is 0 Å². The van der Waals surface area contributed by atoms with Crippen LogP contribution >= 0.6 is 7.92 Å². The Balaban J connectivity index is 4.00. The first-order valence-electron chi connectivity index (χ1n) is 7.20. The normalized spacial score (nSPS) is 13.7. The van der Waals surface area contributed by atoms with Gasteiger partial charge in [0.1, 0.15) is 6.61 Å². The fraction of sp³-hybridized carbons (Fsp3) is 1.00. The Labute approximate surface area is 125 Å². The molecule has 0 spiro atoms. The van der Waals surface area contributed by atoms with E-state index in [9.17, 15) is 22.0 Å². The highest BCUT2D eigenvalue weighted by molar-refractivity contribution is 7.57. The van der Waals surface area contributed by atoms with Gasteiger partial charge < -0.3 is 4.74 Å². The van der Waals surface area contributed by atoms with Crippen molar-refractivity contribution in [1.82, 2.24) is 0 Å². The van der Waals surface area contributed by atoms with Gasteiger partial charge in [-0.1, -0.05) is 27.7 Å². The quantitative estimate of drug-likeness (QED) is 0.295. The Morgan fingerprint density at radius 3 is 1.76 bits per heavy atom. The molecule has 1 nitrogen and oxygen atoms in total. The second-order valence-corrected chi connectivity index (χ2v) is 8.67. The first-order valence-corrected chi connectivity index (χ1v) is 9.10. The highest BCUT2D eigenvalue weighted by Crippen LogP contribution is 2.40. The number of hydrogen-bond donors (Lipinski definition) is 0. The number of halogens is 5. The summed E-state index contributed by atoms with van der Waals surface area (Å²) in [5.41, 5.74) is 0. The zero-order valence-electron chi connectivity index (χ0n) is 13.1. The lowest BCUT2D eigenvalue weighted by molar-refractivity contribution is -0.296. The minimum Gasteiger partial charge on any atom is -0.375 e. The molecule has 0 aliphatic carbocycles. The molecule has 128 valence electrons. The summed E-state index contributed by atoms with van der Waals surface area (Å²) in [4.78, 5) is 0. The van der Waals surface area contributed by atoms with Crippen LogP contribution in [0.25, 0.3) is 0 Å². The van der Waals surface area contributed by atoms with Crippen molar-refractivity contribution in [2.24, 2.45) is 11.8 Å². The summed E-state index contributed by atoms with van der Waals surface area (Å²) in [6.07, 6.45) is -1.92. The van der Waals surface area contributed by atoms with E-state index in [4.69, 9.17) is 0 Å². The lowest BCUT2D eigenvalue weighted by atomic mass is 10.3. The molecular weight excluding hydrogens is 310 g/mol. The zero-order chi connectivity index (χ0) is 16.7. The monoisotopic (exact) mass is 336 g/mol. The number of ether oxygens (including phenoxy) is 1.